The second kappa shape index (κ2) is 16.5. The minimum Gasteiger partial charge on any atom is -0.482 e. The van der Waals surface area contributed by atoms with E-state index in [4.69, 9.17) is 25.3 Å². The van der Waals surface area contributed by atoms with Crippen molar-refractivity contribution in [3.8, 4) is 5.75 Å². The van der Waals surface area contributed by atoms with E-state index in [1.54, 1.807) is 13.2 Å². The number of benzene rings is 2. The Hall–Kier alpha value is -4.26. The number of nitrogens with two attached hydrogens (primary N) is 1. The van der Waals surface area contributed by atoms with Crippen LogP contribution in [0.3, 0.4) is 0 Å². The number of carboxylic acid groups (broad SMARTS) is 1. The lowest BCUT2D eigenvalue weighted by molar-refractivity contribution is -0.139. The lowest BCUT2D eigenvalue weighted by atomic mass is 10.1. The molecule has 0 unspecified atom stereocenters. The van der Waals surface area contributed by atoms with Gasteiger partial charge in [0.15, 0.2) is 12.4 Å². The number of carbonyl (C=O) groups excluding carboxylic acids is 1. The van der Waals surface area contributed by atoms with Gasteiger partial charge in [-0.15, -0.1) is 0 Å². The number of piperazine rings is 1. The predicted molar refractivity (Wildman–Crippen MR) is 182 cm³/mol. The normalized spacial score (nSPS) is 14.2. The van der Waals surface area contributed by atoms with Crippen LogP contribution in [0.25, 0.3) is 21.9 Å². The summed E-state index contributed by atoms with van der Waals surface area (Å²) in [6.45, 7) is 8.75. The molecule has 12 heteroatoms. The van der Waals surface area contributed by atoms with Crippen LogP contribution in [0.5, 0.6) is 5.75 Å². The number of methoxy groups -OCH3 is 1. The van der Waals surface area contributed by atoms with Gasteiger partial charge in [-0.3, -0.25) is 14.6 Å². The molecular formula is C35H47N7O5. The highest BCUT2D eigenvalue weighted by Crippen LogP contribution is 2.29. The Labute approximate surface area is 276 Å². The fraction of sp³-hybridized carbons (Fsp3) is 0.486. The molecule has 3 heterocycles. The summed E-state index contributed by atoms with van der Waals surface area (Å²) in [7, 11) is 1.72. The summed E-state index contributed by atoms with van der Waals surface area (Å²) in [5.74, 6) is 0.907. The zero-order valence-corrected chi connectivity index (χ0v) is 27.6. The third-order valence-corrected chi connectivity index (χ3v) is 8.68. The van der Waals surface area contributed by atoms with Crippen LogP contribution in [0, 0.1) is 0 Å². The van der Waals surface area contributed by atoms with Crippen molar-refractivity contribution in [2.75, 3.05) is 71.9 Å². The number of hydrogen-bond donors (Lipinski definition) is 2. The van der Waals surface area contributed by atoms with Crippen LogP contribution in [0.15, 0.2) is 48.5 Å². The van der Waals surface area contributed by atoms with Gasteiger partial charge in [0.25, 0.3) is 0 Å². The number of anilines is 1. The van der Waals surface area contributed by atoms with Gasteiger partial charge in [-0.05, 0) is 36.6 Å². The van der Waals surface area contributed by atoms with Gasteiger partial charge in [-0.1, -0.05) is 43.7 Å². The summed E-state index contributed by atoms with van der Waals surface area (Å²) in [6, 6.07) is 15.3. The molecule has 1 aliphatic heterocycles. The number of carbonyl (C=O) groups is 2. The highest BCUT2D eigenvalue weighted by Gasteiger charge is 2.23. The Morgan fingerprint density at radius 1 is 1.00 bits per heavy atom. The van der Waals surface area contributed by atoms with Gasteiger partial charge in [-0.2, -0.15) is 0 Å². The number of aliphatic carboxylic acids is 1. The standard InChI is InChI=1S/C35H47N7O5/c1-3-4-13-30-38-33-34(28-11-5-6-12-29(28)37-35(33)36)42(30)15-8-14-41(23-26-9-7-10-27(22-26)47-25-32(44)45)31(43)24-40-18-16-39(17-19-40)20-21-46-2/h5-7,9-12,22H,3-4,8,13-21,23-25H2,1-2H3,(H2,36,37)(H,44,45). The van der Waals surface area contributed by atoms with Crippen molar-refractivity contribution in [2.45, 2.75) is 45.7 Å². The van der Waals surface area contributed by atoms with Gasteiger partial charge < -0.3 is 29.8 Å². The van der Waals surface area contributed by atoms with Crippen molar-refractivity contribution < 1.29 is 24.2 Å². The summed E-state index contributed by atoms with van der Waals surface area (Å²) < 4.78 is 12.9. The van der Waals surface area contributed by atoms with Gasteiger partial charge in [0.2, 0.25) is 5.91 Å². The van der Waals surface area contributed by atoms with Crippen LogP contribution < -0.4 is 10.5 Å². The molecule has 0 spiro atoms. The fourth-order valence-electron chi connectivity index (χ4n) is 6.16. The van der Waals surface area contributed by atoms with Crippen molar-refractivity contribution in [3.05, 3.63) is 59.9 Å². The molecule has 0 bridgehead atoms. The topological polar surface area (TPSA) is 139 Å². The number of unbranched alkanes of at least 4 members (excludes halogenated alkanes) is 1. The van der Waals surface area contributed by atoms with Gasteiger partial charge >= 0.3 is 5.97 Å². The maximum absolute atomic E-state index is 13.9. The van der Waals surface area contributed by atoms with Crippen molar-refractivity contribution in [3.63, 3.8) is 0 Å². The first-order valence-corrected chi connectivity index (χ1v) is 16.5. The number of aryl methyl sites for hydroxylation is 2. The van der Waals surface area contributed by atoms with Crippen LogP contribution in [0.2, 0.25) is 0 Å². The molecule has 1 fully saturated rings. The monoisotopic (exact) mass is 645 g/mol. The van der Waals surface area contributed by atoms with E-state index in [2.05, 4.69) is 32.3 Å². The van der Waals surface area contributed by atoms with Gasteiger partial charge in [0.05, 0.1) is 24.2 Å². The maximum atomic E-state index is 13.9. The van der Waals surface area contributed by atoms with E-state index in [1.807, 2.05) is 41.3 Å². The average Bonchev–Trinajstić information content (AvgIpc) is 3.45. The minimum atomic E-state index is -1.04. The Morgan fingerprint density at radius 2 is 1.79 bits per heavy atom. The number of fused-ring (bicyclic) bond motifs is 3. The SMILES string of the molecule is CCCCc1nc2c(N)nc3ccccc3c2n1CCCN(Cc1cccc(OCC(=O)O)c1)C(=O)CN1CCN(CCOC)CC1. The summed E-state index contributed by atoms with van der Waals surface area (Å²) in [5.41, 5.74) is 9.85. The second-order valence-corrected chi connectivity index (χ2v) is 12.1. The van der Waals surface area contributed by atoms with Gasteiger partial charge in [-0.25, -0.2) is 14.8 Å². The molecule has 252 valence electrons. The van der Waals surface area contributed by atoms with E-state index in [-0.39, 0.29) is 5.91 Å². The van der Waals surface area contributed by atoms with Crippen molar-refractivity contribution in [1.29, 1.82) is 0 Å². The molecular weight excluding hydrogens is 598 g/mol. The first-order valence-electron chi connectivity index (χ1n) is 16.5. The van der Waals surface area contributed by atoms with E-state index >= 15 is 0 Å². The zero-order chi connectivity index (χ0) is 33.2. The Morgan fingerprint density at radius 3 is 2.55 bits per heavy atom. The number of nitrogen functional groups attached to an aromatic ring is 1. The Balaban J connectivity index is 1.35. The molecule has 0 saturated carbocycles. The molecule has 1 amide bonds. The van der Waals surface area contributed by atoms with Crippen LogP contribution >= 0.6 is 0 Å². The number of carboxylic acids is 1. The summed E-state index contributed by atoms with van der Waals surface area (Å²) in [6.07, 6.45) is 3.61. The van der Waals surface area contributed by atoms with E-state index in [0.717, 1.165) is 85.3 Å². The minimum absolute atomic E-state index is 0.0628. The molecule has 2 aromatic carbocycles. The number of rotatable bonds is 17. The highest BCUT2D eigenvalue weighted by atomic mass is 16.5. The molecule has 0 radical (unpaired) electrons. The first-order chi connectivity index (χ1) is 22.9. The number of imidazole rings is 1. The van der Waals surface area contributed by atoms with E-state index in [9.17, 15) is 9.59 Å². The van der Waals surface area contributed by atoms with E-state index in [0.29, 0.717) is 50.8 Å². The molecule has 4 aromatic rings. The van der Waals surface area contributed by atoms with E-state index < -0.39 is 12.6 Å². The van der Waals surface area contributed by atoms with Crippen LogP contribution in [-0.2, 0) is 33.8 Å². The number of nitrogens with zero attached hydrogens (tertiary/aromatic N) is 6. The second-order valence-electron chi connectivity index (χ2n) is 12.1. The molecule has 2 aromatic heterocycles. The van der Waals surface area contributed by atoms with Gasteiger partial charge in [0.1, 0.15) is 17.1 Å². The fourth-order valence-corrected chi connectivity index (χ4v) is 6.16. The van der Waals surface area contributed by atoms with E-state index in [1.165, 1.54) is 0 Å². The molecule has 0 aliphatic carbocycles. The molecule has 1 saturated heterocycles. The summed E-state index contributed by atoms with van der Waals surface area (Å²) >= 11 is 0. The molecule has 5 rings (SSSR count). The molecule has 1 aliphatic rings. The highest BCUT2D eigenvalue weighted by molar-refractivity contribution is 6.06. The number of hydrogen-bond acceptors (Lipinski definition) is 9. The maximum Gasteiger partial charge on any atom is 0.341 e. The largest absolute Gasteiger partial charge is 0.482 e. The predicted octanol–water partition coefficient (Wildman–Crippen LogP) is 3.66. The van der Waals surface area contributed by atoms with Crippen molar-refractivity contribution in [1.82, 2.24) is 29.2 Å². The first kappa shape index (κ1) is 34.1. The summed E-state index contributed by atoms with van der Waals surface area (Å²) in [5, 5.41) is 10.1. The molecule has 12 nitrogen and oxygen atoms in total. The zero-order valence-electron chi connectivity index (χ0n) is 27.6. The molecule has 0 atom stereocenters. The number of para-hydroxylation sites is 1. The van der Waals surface area contributed by atoms with Crippen LogP contribution in [-0.4, -0.2) is 112 Å². The van der Waals surface area contributed by atoms with Crippen LogP contribution in [0.1, 0.15) is 37.6 Å². The number of ether oxygens (including phenoxy) is 2. The number of pyridine rings is 1. The van der Waals surface area contributed by atoms with Crippen molar-refractivity contribution >= 4 is 39.6 Å². The number of amides is 1. The quantitative estimate of drug-likeness (QED) is 0.175. The van der Waals surface area contributed by atoms with Crippen molar-refractivity contribution in [2.24, 2.45) is 0 Å². The summed E-state index contributed by atoms with van der Waals surface area (Å²) in [4.78, 5) is 41.0. The molecule has 47 heavy (non-hydrogen) atoms. The van der Waals surface area contributed by atoms with Crippen LogP contribution in [0.4, 0.5) is 5.82 Å². The Bertz CT molecular complexity index is 1650. The van der Waals surface area contributed by atoms with Gasteiger partial charge in [0, 0.05) is 71.3 Å². The lowest BCUT2D eigenvalue weighted by Crippen LogP contribution is -2.50. The lowest BCUT2D eigenvalue weighted by Gasteiger charge is -2.35. The average molecular weight is 646 g/mol. The number of aromatic nitrogens is 3. The Kier molecular flexibility index (Phi) is 12.0. The third kappa shape index (κ3) is 8.97. The smallest absolute Gasteiger partial charge is 0.341 e. The third-order valence-electron chi connectivity index (χ3n) is 8.68. The molecule has 3 N–H and O–H groups in total.